The summed E-state index contributed by atoms with van der Waals surface area (Å²) in [6.45, 7) is 2.23. The van der Waals surface area contributed by atoms with Crippen molar-refractivity contribution < 1.29 is 9.53 Å². The summed E-state index contributed by atoms with van der Waals surface area (Å²) in [4.78, 5) is 12.7. The van der Waals surface area contributed by atoms with Crippen LogP contribution in [0.25, 0.3) is 31.6 Å². The minimum absolute atomic E-state index is 0.239. The zero-order chi connectivity index (χ0) is 15.1. The molecule has 0 unspecified atom stereocenters. The van der Waals surface area contributed by atoms with Crippen molar-refractivity contribution >= 4 is 48.9 Å². The summed E-state index contributed by atoms with van der Waals surface area (Å²) in [7, 11) is 0. The smallest absolute Gasteiger partial charge is 0.348 e. The van der Waals surface area contributed by atoms with Gasteiger partial charge in [-0.3, -0.25) is 0 Å². The average Bonchev–Trinajstić information content (AvgIpc) is 2.99. The maximum absolute atomic E-state index is 12.0. The predicted molar refractivity (Wildman–Crippen MR) is 92.8 cm³/mol. The fourth-order valence-corrected chi connectivity index (χ4v) is 4.01. The number of carbonyl (C=O) groups is 1. The molecule has 3 aromatic carbocycles. The van der Waals surface area contributed by atoms with E-state index in [2.05, 4.69) is 42.5 Å². The SMILES string of the molecule is CCOC(=O)c1cc2ccc3ccc4ccccc4c3c2s1. The van der Waals surface area contributed by atoms with E-state index in [1.165, 1.54) is 32.9 Å². The fraction of sp³-hybridized carbons (Fsp3) is 0.105. The molecule has 0 atom stereocenters. The molecular weight excluding hydrogens is 292 g/mol. The van der Waals surface area contributed by atoms with E-state index in [1.54, 1.807) is 0 Å². The summed E-state index contributed by atoms with van der Waals surface area (Å²) in [5.74, 6) is -0.239. The van der Waals surface area contributed by atoms with Crippen LogP contribution in [0, 0.1) is 0 Å². The normalized spacial score (nSPS) is 11.3. The monoisotopic (exact) mass is 306 g/mol. The predicted octanol–water partition coefficient (Wildman–Crippen LogP) is 5.38. The van der Waals surface area contributed by atoms with Gasteiger partial charge < -0.3 is 4.74 Å². The second kappa shape index (κ2) is 5.11. The zero-order valence-corrected chi connectivity index (χ0v) is 12.9. The summed E-state index contributed by atoms with van der Waals surface area (Å²) in [6, 6.07) is 18.8. The maximum atomic E-state index is 12.0. The van der Waals surface area contributed by atoms with Crippen molar-refractivity contribution in [1.82, 2.24) is 0 Å². The molecule has 0 saturated heterocycles. The van der Waals surface area contributed by atoms with Gasteiger partial charge in [-0.2, -0.15) is 0 Å². The molecule has 1 aromatic heterocycles. The Morgan fingerprint density at radius 2 is 1.73 bits per heavy atom. The van der Waals surface area contributed by atoms with Gasteiger partial charge in [-0.25, -0.2) is 4.79 Å². The first-order chi connectivity index (χ1) is 10.8. The zero-order valence-electron chi connectivity index (χ0n) is 12.1. The van der Waals surface area contributed by atoms with Gasteiger partial charge in [0.2, 0.25) is 0 Å². The van der Waals surface area contributed by atoms with Crippen LogP contribution in [0.15, 0.2) is 54.6 Å². The van der Waals surface area contributed by atoms with Gasteiger partial charge in [-0.1, -0.05) is 48.5 Å². The van der Waals surface area contributed by atoms with Crippen LogP contribution < -0.4 is 0 Å². The molecule has 108 valence electrons. The van der Waals surface area contributed by atoms with Crippen molar-refractivity contribution in [1.29, 1.82) is 0 Å². The molecule has 0 aliphatic rings. The fourth-order valence-electron chi connectivity index (χ4n) is 2.89. The Hall–Kier alpha value is -2.39. The number of hydrogen-bond acceptors (Lipinski definition) is 3. The van der Waals surface area contributed by atoms with E-state index >= 15 is 0 Å². The van der Waals surface area contributed by atoms with E-state index in [1.807, 2.05) is 19.1 Å². The number of ether oxygens (including phenoxy) is 1. The van der Waals surface area contributed by atoms with Crippen LogP contribution in [0.4, 0.5) is 0 Å². The topological polar surface area (TPSA) is 26.3 Å². The molecule has 4 aromatic rings. The summed E-state index contributed by atoms with van der Waals surface area (Å²) >= 11 is 1.52. The van der Waals surface area contributed by atoms with E-state index in [9.17, 15) is 4.79 Å². The van der Waals surface area contributed by atoms with Gasteiger partial charge in [0.25, 0.3) is 0 Å². The summed E-state index contributed by atoms with van der Waals surface area (Å²) in [5, 5.41) is 5.95. The first-order valence-electron chi connectivity index (χ1n) is 7.29. The quantitative estimate of drug-likeness (QED) is 0.367. The van der Waals surface area contributed by atoms with Crippen molar-refractivity contribution in [3.05, 3.63) is 59.5 Å². The molecule has 0 saturated carbocycles. The first-order valence-corrected chi connectivity index (χ1v) is 8.10. The molecule has 0 N–H and O–H groups in total. The molecule has 3 heteroatoms. The third-order valence-electron chi connectivity index (χ3n) is 3.87. The molecule has 2 nitrogen and oxygen atoms in total. The highest BCUT2D eigenvalue weighted by atomic mass is 32.1. The number of carbonyl (C=O) groups excluding carboxylic acids is 1. The van der Waals surface area contributed by atoms with Gasteiger partial charge >= 0.3 is 5.97 Å². The van der Waals surface area contributed by atoms with Gasteiger partial charge in [-0.15, -0.1) is 11.3 Å². The van der Waals surface area contributed by atoms with Gasteiger partial charge in [0, 0.05) is 10.1 Å². The summed E-state index contributed by atoms with van der Waals surface area (Å²) < 4.78 is 6.28. The van der Waals surface area contributed by atoms with Crippen molar-refractivity contribution in [2.45, 2.75) is 6.92 Å². The number of rotatable bonds is 2. The summed E-state index contributed by atoms with van der Waals surface area (Å²) in [5.41, 5.74) is 0. The van der Waals surface area contributed by atoms with E-state index < -0.39 is 0 Å². The van der Waals surface area contributed by atoms with Crippen LogP contribution >= 0.6 is 11.3 Å². The molecule has 0 aliphatic carbocycles. The lowest BCUT2D eigenvalue weighted by atomic mass is 10.0. The van der Waals surface area contributed by atoms with Crippen molar-refractivity contribution in [3.63, 3.8) is 0 Å². The molecule has 0 fully saturated rings. The van der Waals surface area contributed by atoms with Crippen LogP contribution in [0.5, 0.6) is 0 Å². The Bertz CT molecular complexity index is 1010. The minimum Gasteiger partial charge on any atom is -0.462 e. The minimum atomic E-state index is -0.239. The van der Waals surface area contributed by atoms with Gasteiger partial charge in [-0.05, 0) is 34.5 Å². The van der Waals surface area contributed by atoms with Crippen molar-refractivity contribution in [2.75, 3.05) is 6.61 Å². The largest absolute Gasteiger partial charge is 0.462 e. The van der Waals surface area contributed by atoms with Gasteiger partial charge in [0.1, 0.15) is 4.88 Å². The van der Waals surface area contributed by atoms with Crippen molar-refractivity contribution in [2.24, 2.45) is 0 Å². The Balaban J connectivity index is 2.08. The Labute approximate surface area is 131 Å². The number of hydrogen-bond donors (Lipinski definition) is 0. The number of fused-ring (bicyclic) bond motifs is 5. The Morgan fingerprint density at radius 3 is 2.55 bits per heavy atom. The number of benzene rings is 3. The molecule has 4 rings (SSSR count). The Kier molecular flexibility index (Phi) is 3.09. The highest BCUT2D eigenvalue weighted by Crippen LogP contribution is 2.37. The molecule has 1 heterocycles. The lowest BCUT2D eigenvalue weighted by molar-refractivity contribution is 0.0532. The molecule has 0 spiro atoms. The van der Waals surface area contributed by atoms with Crippen LogP contribution in [0.1, 0.15) is 16.6 Å². The Morgan fingerprint density at radius 1 is 1.00 bits per heavy atom. The van der Waals surface area contributed by atoms with Crippen LogP contribution in [-0.2, 0) is 4.74 Å². The van der Waals surface area contributed by atoms with E-state index in [0.717, 1.165) is 10.1 Å². The third-order valence-corrected chi connectivity index (χ3v) is 5.02. The molecule has 0 radical (unpaired) electrons. The van der Waals surface area contributed by atoms with Gasteiger partial charge in [0.15, 0.2) is 0 Å². The highest BCUT2D eigenvalue weighted by Gasteiger charge is 2.14. The van der Waals surface area contributed by atoms with E-state index in [-0.39, 0.29) is 5.97 Å². The van der Waals surface area contributed by atoms with Crippen molar-refractivity contribution in [3.8, 4) is 0 Å². The van der Waals surface area contributed by atoms with E-state index in [0.29, 0.717) is 11.5 Å². The first kappa shape index (κ1) is 13.3. The summed E-state index contributed by atoms with van der Waals surface area (Å²) in [6.07, 6.45) is 0. The van der Waals surface area contributed by atoms with Crippen LogP contribution in [-0.4, -0.2) is 12.6 Å². The lowest BCUT2D eigenvalue weighted by Crippen LogP contribution is -2.01. The molecular formula is C19H14O2S. The highest BCUT2D eigenvalue weighted by molar-refractivity contribution is 7.21. The van der Waals surface area contributed by atoms with Crippen LogP contribution in [0.3, 0.4) is 0 Å². The van der Waals surface area contributed by atoms with E-state index in [4.69, 9.17) is 4.74 Å². The van der Waals surface area contributed by atoms with Crippen LogP contribution in [0.2, 0.25) is 0 Å². The molecule has 22 heavy (non-hydrogen) atoms. The second-order valence-electron chi connectivity index (χ2n) is 5.20. The number of esters is 1. The lowest BCUT2D eigenvalue weighted by Gasteiger charge is -2.04. The third kappa shape index (κ3) is 1.97. The number of thiophene rings is 1. The van der Waals surface area contributed by atoms with Gasteiger partial charge in [0.05, 0.1) is 6.61 Å². The second-order valence-corrected chi connectivity index (χ2v) is 6.25. The molecule has 0 bridgehead atoms. The molecule has 0 amide bonds. The standard InChI is InChI=1S/C19H14O2S/c1-2-21-19(20)16-11-14-10-9-13-8-7-12-5-3-4-6-15(12)17(13)18(14)22-16/h3-11H,2H2,1H3. The average molecular weight is 306 g/mol. The molecule has 0 aliphatic heterocycles. The maximum Gasteiger partial charge on any atom is 0.348 e.